The second-order valence-electron chi connectivity index (χ2n) is 10.3. The quantitative estimate of drug-likeness (QED) is 0.629. The highest BCUT2D eigenvalue weighted by molar-refractivity contribution is 6.22. The third-order valence-electron chi connectivity index (χ3n) is 8.53. The summed E-state index contributed by atoms with van der Waals surface area (Å²) in [5.41, 5.74) is 3.55. The minimum absolute atomic E-state index is 0.0914. The van der Waals surface area contributed by atoms with Gasteiger partial charge in [0.15, 0.2) is 5.78 Å². The smallest absolute Gasteiger partial charge is 0.194 e. The standard InChI is InChI=1S/C27H30N2O3/c30-27-23-13-19(31-25-15-28-9-5-17(25)6-10-28)1-3-21(23)22-4-2-20(14-24(22)27)32-26-16-29-11-7-18(26)8-12-29/h1-4,13-14,17-18,25-26H,5-12,15-16H2/t25-,26-/m0/s1. The van der Waals surface area contributed by atoms with Crippen LogP contribution >= 0.6 is 0 Å². The SMILES string of the molecule is O=C1c2cc(O[C@H]3CN4CCC3CC4)ccc2-c2ccc(O[C@H]3CN4CCC3CC4)cc21. The van der Waals surface area contributed by atoms with Gasteiger partial charge in [-0.2, -0.15) is 0 Å². The molecule has 4 bridgehead atoms. The molecule has 2 aromatic carbocycles. The molecule has 0 unspecified atom stereocenters. The summed E-state index contributed by atoms with van der Waals surface area (Å²) in [6.07, 6.45) is 5.39. The van der Waals surface area contributed by atoms with Gasteiger partial charge in [0, 0.05) is 24.2 Å². The maximum atomic E-state index is 13.3. The number of carbonyl (C=O) groups excluding carboxylic acids is 1. The van der Waals surface area contributed by atoms with Gasteiger partial charge in [0.1, 0.15) is 23.7 Å². The number of ketones is 1. The molecule has 5 nitrogen and oxygen atoms in total. The molecule has 1 aliphatic carbocycles. The van der Waals surface area contributed by atoms with Crippen molar-refractivity contribution in [1.82, 2.24) is 9.80 Å². The topological polar surface area (TPSA) is 42.0 Å². The van der Waals surface area contributed by atoms with E-state index < -0.39 is 0 Å². The molecule has 0 N–H and O–H groups in total. The molecule has 2 aromatic rings. The fraction of sp³-hybridized carbons (Fsp3) is 0.519. The number of carbonyl (C=O) groups is 1. The van der Waals surface area contributed by atoms with Crippen LogP contribution in [0.25, 0.3) is 11.1 Å². The molecular weight excluding hydrogens is 400 g/mol. The van der Waals surface area contributed by atoms with Gasteiger partial charge in [-0.1, -0.05) is 0 Å². The van der Waals surface area contributed by atoms with E-state index in [0.29, 0.717) is 11.8 Å². The first-order valence-corrected chi connectivity index (χ1v) is 12.3. The number of hydrogen-bond donors (Lipinski definition) is 0. The van der Waals surface area contributed by atoms with E-state index in [-0.39, 0.29) is 18.0 Å². The van der Waals surface area contributed by atoms with Gasteiger partial charge in [-0.3, -0.25) is 14.6 Å². The van der Waals surface area contributed by atoms with Crippen LogP contribution in [0, 0.1) is 11.8 Å². The first-order chi connectivity index (χ1) is 15.7. The summed E-state index contributed by atoms with van der Waals surface area (Å²) in [4.78, 5) is 18.3. The molecule has 6 saturated heterocycles. The van der Waals surface area contributed by atoms with E-state index in [0.717, 1.165) is 46.8 Å². The molecule has 5 heteroatoms. The van der Waals surface area contributed by atoms with Crippen LogP contribution in [0.15, 0.2) is 36.4 Å². The van der Waals surface area contributed by atoms with Crippen molar-refractivity contribution in [3.8, 4) is 22.6 Å². The van der Waals surface area contributed by atoms with Crippen LogP contribution in [0.5, 0.6) is 11.5 Å². The zero-order valence-corrected chi connectivity index (χ0v) is 18.5. The predicted molar refractivity (Wildman–Crippen MR) is 122 cm³/mol. The van der Waals surface area contributed by atoms with Crippen LogP contribution in [-0.2, 0) is 0 Å². The van der Waals surface area contributed by atoms with Crippen molar-refractivity contribution in [3.05, 3.63) is 47.5 Å². The monoisotopic (exact) mass is 430 g/mol. The molecule has 6 fully saturated rings. The average Bonchev–Trinajstić information content (AvgIpc) is 3.12. The van der Waals surface area contributed by atoms with Crippen LogP contribution in [0.4, 0.5) is 0 Å². The maximum Gasteiger partial charge on any atom is 0.194 e. The molecule has 32 heavy (non-hydrogen) atoms. The number of piperidine rings is 6. The second kappa shape index (κ2) is 7.32. The first-order valence-electron chi connectivity index (χ1n) is 12.3. The Kier molecular flexibility index (Phi) is 4.38. The van der Waals surface area contributed by atoms with Gasteiger partial charge in [-0.05, 0) is 111 Å². The van der Waals surface area contributed by atoms with E-state index in [1.54, 1.807) is 0 Å². The number of nitrogens with zero attached hydrogens (tertiary/aromatic N) is 2. The normalized spacial score (nSPS) is 34.3. The molecule has 0 amide bonds. The molecule has 6 aliphatic heterocycles. The van der Waals surface area contributed by atoms with Gasteiger partial charge >= 0.3 is 0 Å². The van der Waals surface area contributed by atoms with Crippen LogP contribution < -0.4 is 9.47 Å². The lowest BCUT2D eigenvalue weighted by Gasteiger charge is -2.44. The van der Waals surface area contributed by atoms with E-state index >= 15 is 0 Å². The molecule has 7 aliphatic rings. The van der Waals surface area contributed by atoms with Crippen LogP contribution in [0.1, 0.15) is 41.6 Å². The van der Waals surface area contributed by atoms with Crippen molar-refractivity contribution in [2.45, 2.75) is 37.9 Å². The fourth-order valence-corrected chi connectivity index (χ4v) is 6.62. The van der Waals surface area contributed by atoms with Crippen molar-refractivity contribution in [1.29, 1.82) is 0 Å². The Hall–Kier alpha value is -2.37. The highest BCUT2D eigenvalue weighted by Gasteiger charge is 2.37. The first kappa shape index (κ1) is 19.1. The maximum absolute atomic E-state index is 13.3. The lowest BCUT2D eigenvalue weighted by Crippen LogP contribution is -2.52. The second-order valence-corrected chi connectivity index (χ2v) is 10.3. The summed E-state index contributed by atoms with van der Waals surface area (Å²) in [7, 11) is 0. The van der Waals surface area contributed by atoms with Gasteiger partial charge in [-0.25, -0.2) is 0 Å². The zero-order chi connectivity index (χ0) is 21.2. The van der Waals surface area contributed by atoms with Crippen molar-refractivity contribution in [2.24, 2.45) is 11.8 Å². The molecule has 0 saturated carbocycles. The minimum Gasteiger partial charge on any atom is -0.489 e. The molecule has 6 heterocycles. The highest BCUT2D eigenvalue weighted by Crippen LogP contribution is 2.41. The van der Waals surface area contributed by atoms with Crippen molar-refractivity contribution < 1.29 is 14.3 Å². The number of ether oxygens (including phenoxy) is 2. The summed E-state index contributed by atoms with van der Waals surface area (Å²) in [6, 6.07) is 12.1. The zero-order valence-electron chi connectivity index (χ0n) is 18.5. The molecule has 9 rings (SSSR count). The lowest BCUT2D eigenvalue weighted by atomic mass is 9.86. The van der Waals surface area contributed by atoms with Gasteiger partial charge in [0.25, 0.3) is 0 Å². The van der Waals surface area contributed by atoms with Crippen molar-refractivity contribution >= 4 is 5.78 Å². The van der Waals surface area contributed by atoms with Gasteiger partial charge in [0.2, 0.25) is 0 Å². The third-order valence-corrected chi connectivity index (χ3v) is 8.53. The molecule has 0 aromatic heterocycles. The Balaban J connectivity index is 1.11. The number of hydrogen-bond acceptors (Lipinski definition) is 5. The highest BCUT2D eigenvalue weighted by atomic mass is 16.5. The van der Waals surface area contributed by atoms with E-state index in [9.17, 15) is 4.79 Å². The Morgan fingerprint density at radius 2 is 1.06 bits per heavy atom. The van der Waals surface area contributed by atoms with Crippen molar-refractivity contribution in [2.75, 3.05) is 39.3 Å². The van der Waals surface area contributed by atoms with Gasteiger partial charge in [-0.15, -0.1) is 0 Å². The third kappa shape index (κ3) is 3.09. The molecule has 2 atom stereocenters. The number of benzene rings is 2. The van der Waals surface area contributed by atoms with E-state index in [2.05, 4.69) is 21.9 Å². The summed E-state index contributed by atoms with van der Waals surface area (Å²) >= 11 is 0. The Morgan fingerprint density at radius 1 is 0.625 bits per heavy atom. The van der Waals surface area contributed by atoms with Crippen LogP contribution in [-0.4, -0.2) is 67.1 Å². The Morgan fingerprint density at radius 3 is 1.44 bits per heavy atom. The average molecular weight is 431 g/mol. The largest absolute Gasteiger partial charge is 0.489 e. The Labute approximate surface area is 189 Å². The molecule has 166 valence electrons. The van der Waals surface area contributed by atoms with Gasteiger partial charge < -0.3 is 9.47 Å². The van der Waals surface area contributed by atoms with Crippen LogP contribution in [0.2, 0.25) is 0 Å². The van der Waals surface area contributed by atoms with E-state index in [1.165, 1.54) is 51.9 Å². The summed E-state index contributed by atoms with van der Waals surface area (Å²) < 4.78 is 12.8. The number of fused-ring (bicyclic) bond motifs is 9. The lowest BCUT2D eigenvalue weighted by molar-refractivity contribution is -0.00779. The summed E-state index contributed by atoms with van der Waals surface area (Å²) in [6.45, 7) is 6.82. The molecular formula is C27H30N2O3. The van der Waals surface area contributed by atoms with Crippen LogP contribution in [0.3, 0.4) is 0 Å². The molecule has 0 radical (unpaired) electrons. The summed E-state index contributed by atoms with van der Waals surface area (Å²) in [5.74, 6) is 3.04. The summed E-state index contributed by atoms with van der Waals surface area (Å²) in [5, 5.41) is 0. The van der Waals surface area contributed by atoms with E-state index in [1.807, 2.05) is 24.3 Å². The molecule has 0 spiro atoms. The predicted octanol–water partition coefficient (Wildman–Crippen LogP) is 3.84. The fourth-order valence-electron chi connectivity index (χ4n) is 6.62. The Bertz CT molecular complexity index is 983. The minimum atomic E-state index is 0.0914. The van der Waals surface area contributed by atoms with Crippen molar-refractivity contribution in [3.63, 3.8) is 0 Å². The van der Waals surface area contributed by atoms with E-state index in [4.69, 9.17) is 9.47 Å². The van der Waals surface area contributed by atoms with Gasteiger partial charge in [0.05, 0.1) is 0 Å². The number of rotatable bonds is 4.